The highest BCUT2D eigenvalue weighted by Gasteiger charge is 2.13. The van der Waals surface area contributed by atoms with Gasteiger partial charge in [0, 0.05) is 13.1 Å². The molecule has 0 rings (SSSR count). The number of hydrogen-bond acceptors (Lipinski definition) is 2. The van der Waals surface area contributed by atoms with E-state index in [1.165, 1.54) is 11.0 Å². The van der Waals surface area contributed by atoms with Crippen LogP contribution in [0.5, 0.6) is 0 Å². The molecule has 0 aliphatic rings. The van der Waals surface area contributed by atoms with Gasteiger partial charge in [0.2, 0.25) is 0 Å². The van der Waals surface area contributed by atoms with Gasteiger partial charge in [-0.25, -0.2) is 4.79 Å². The summed E-state index contributed by atoms with van der Waals surface area (Å²) in [6.45, 7) is 5.86. The average molecular weight is 200 g/mol. The van der Waals surface area contributed by atoms with E-state index in [-0.39, 0.29) is 19.1 Å². The average Bonchev–Trinajstić information content (AvgIpc) is 2.13. The highest BCUT2D eigenvalue weighted by molar-refractivity contribution is 5.80. The lowest BCUT2D eigenvalue weighted by atomic mass is 10.4. The molecule has 0 aliphatic carbocycles. The third kappa shape index (κ3) is 5.18. The number of carboxylic acid groups (broad SMARTS) is 1. The molecule has 2 amide bonds. The first-order valence-electron chi connectivity index (χ1n) is 4.47. The van der Waals surface area contributed by atoms with E-state index in [0.29, 0.717) is 6.54 Å². The summed E-state index contributed by atoms with van der Waals surface area (Å²) in [6, 6.07) is -0.367. The molecule has 80 valence electrons. The summed E-state index contributed by atoms with van der Waals surface area (Å²) >= 11 is 0. The van der Waals surface area contributed by atoms with Crippen LogP contribution in [-0.4, -0.2) is 41.6 Å². The van der Waals surface area contributed by atoms with Crippen LogP contribution in [0.4, 0.5) is 4.79 Å². The van der Waals surface area contributed by atoms with E-state index in [1.807, 2.05) is 6.92 Å². The fraction of sp³-hybridized carbons (Fsp3) is 0.556. The molecule has 0 spiro atoms. The summed E-state index contributed by atoms with van der Waals surface area (Å²) in [5.74, 6) is -1.03. The van der Waals surface area contributed by atoms with Gasteiger partial charge in [-0.15, -0.1) is 6.58 Å². The molecule has 2 N–H and O–H groups in total. The number of carbonyl (C=O) groups is 2. The quantitative estimate of drug-likeness (QED) is 0.619. The molecule has 0 aliphatic heterocycles. The molecule has 0 fully saturated rings. The molecular weight excluding hydrogens is 184 g/mol. The van der Waals surface area contributed by atoms with Gasteiger partial charge in [0.25, 0.3) is 0 Å². The first-order chi connectivity index (χ1) is 6.61. The van der Waals surface area contributed by atoms with Crippen molar-refractivity contribution in [3.63, 3.8) is 0 Å². The maximum absolute atomic E-state index is 11.3. The lowest BCUT2D eigenvalue weighted by Gasteiger charge is -2.18. The first-order valence-corrected chi connectivity index (χ1v) is 4.47. The van der Waals surface area contributed by atoms with Gasteiger partial charge in [-0.1, -0.05) is 13.0 Å². The molecule has 0 saturated carbocycles. The van der Waals surface area contributed by atoms with Crippen LogP contribution in [0.25, 0.3) is 0 Å². The summed E-state index contributed by atoms with van der Waals surface area (Å²) < 4.78 is 0. The van der Waals surface area contributed by atoms with Gasteiger partial charge in [-0.05, 0) is 6.42 Å². The number of carbonyl (C=O) groups excluding carboxylic acids is 1. The predicted molar refractivity (Wildman–Crippen MR) is 53.1 cm³/mol. The Balaban J connectivity index is 4.10. The Morgan fingerprint density at radius 1 is 1.57 bits per heavy atom. The Bertz CT molecular complexity index is 216. The summed E-state index contributed by atoms with van der Waals surface area (Å²) in [5, 5.41) is 11.1. The topological polar surface area (TPSA) is 69.6 Å². The van der Waals surface area contributed by atoms with Crippen LogP contribution in [0, 0.1) is 0 Å². The van der Waals surface area contributed by atoms with Crippen molar-refractivity contribution in [1.82, 2.24) is 10.2 Å². The Labute approximate surface area is 83.4 Å². The minimum absolute atomic E-state index is 0.238. The largest absolute Gasteiger partial charge is 0.480 e. The fourth-order valence-electron chi connectivity index (χ4n) is 0.882. The van der Waals surface area contributed by atoms with Crippen molar-refractivity contribution in [2.45, 2.75) is 13.3 Å². The number of rotatable bonds is 6. The second-order valence-corrected chi connectivity index (χ2v) is 2.79. The maximum Gasteiger partial charge on any atom is 0.323 e. The highest BCUT2D eigenvalue weighted by atomic mass is 16.4. The molecule has 0 aromatic heterocycles. The number of hydrogen-bond donors (Lipinski definition) is 2. The Morgan fingerprint density at radius 2 is 2.21 bits per heavy atom. The van der Waals surface area contributed by atoms with E-state index in [2.05, 4.69) is 11.9 Å². The van der Waals surface area contributed by atoms with Gasteiger partial charge in [0.05, 0.1) is 0 Å². The molecule has 5 heteroatoms. The molecule has 0 unspecified atom stereocenters. The molecule has 0 heterocycles. The van der Waals surface area contributed by atoms with E-state index in [9.17, 15) is 9.59 Å². The zero-order valence-electron chi connectivity index (χ0n) is 8.32. The highest BCUT2D eigenvalue weighted by Crippen LogP contribution is 1.90. The molecule has 0 saturated heterocycles. The van der Waals surface area contributed by atoms with Gasteiger partial charge in [-0.2, -0.15) is 0 Å². The lowest BCUT2D eigenvalue weighted by molar-refractivity contribution is -0.137. The normalized spacial score (nSPS) is 9.21. The molecule has 0 radical (unpaired) electrons. The van der Waals surface area contributed by atoms with Crippen LogP contribution < -0.4 is 5.32 Å². The van der Waals surface area contributed by atoms with E-state index in [1.54, 1.807) is 0 Å². The van der Waals surface area contributed by atoms with E-state index in [4.69, 9.17) is 5.11 Å². The van der Waals surface area contributed by atoms with Crippen molar-refractivity contribution in [2.75, 3.05) is 19.6 Å². The van der Waals surface area contributed by atoms with Crippen LogP contribution in [0.1, 0.15) is 13.3 Å². The Kier molecular flexibility index (Phi) is 6.19. The van der Waals surface area contributed by atoms with Gasteiger partial charge < -0.3 is 15.3 Å². The molecule has 14 heavy (non-hydrogen) atoms. The van der Waals surface area contributed by atoms with Crippen LogP contribution in [0.3, 0.4) is 0 Å². The summed E-state index contributed by atoms with van der Waals surface area (Å²) in [4.78, 5) is 22.9. The summed E-state index contributed by atoms with van der Waals surface area (Å²) in [6.07, 6.45) is 2.31. The lowest BCUT2D eigenvalue weighted by Crippen LogP contribution is -2.43. The second-order valence-electron chi connectivity index (χ2n) is 2.79. The van der Waals surface area contributed by atoms with Crippen LogP contribution in [0.15, 0.2) is 12.7 Å². The zero-order valence-corrected chi connectivity index (χ0v) is 8.32. The third-order valence-electron chi connectivity index (χ3n) is 1.49. The number of urea groups is 1. The zero-order chi connectivity index (χ0) is 11.0. The number of aliphatic carboxylic acids is 1. The van der Waals surface area contributed by atoms with Crippen molar-refractivity contribution < 1.29 is 14.7 Å². The van der Waals surface area contributed by atoms with Crippen molar-refractivity contribution >= 4 is 12.0 Å². The minimum atomic E-state index is -1.03. The fourth-order valence-corrected chi connectivity index (χ4v) is 0.882. The van der Waals surface area contributed by atoms with Crippen molar-refractivity contribution in [3.8, 4) is 0 Å². The van der Waals surface area contributed by atoms with Crippen LogP contribution in [-0.2, 0) is 4.79 Å². The SMILES string of the molecule is C=CCN(CC(=O)O)C(=O)NCCC. The van der Waals surface area contributed by atoms with Crippen LogP contribution in [0.2, 0.25) is 0 Å². The van der Waals surface area contributed by atoms with Gasteiger partial charge in [-0.3, -0.25) is 4.79 Å². The predicted octanol–water partition coefficient (Wildman–Crippen LogP) is 0.679. The number of nitrogens with one attached hydrogen (secondary N) is 1. The van der Waals surface area contributed by atoms with Crippen LogP contribution >= 0.6 is 0 Å². The second kappa shape index (κ2) is 6.94. The van der Waals surface area contributed by atoms with E-state index in [0.717, 1.165) is 6.42 Å². The number of carboxylic acids is 1. The monoisotopic (exact) mass is 200 g/mol. The Hall–Kier alpha value is -1.52. The molecule has 0 aromatic carbocycles. The van der Waals surface area contributed by atoms with Gasteiger partial charge in [0.1, 0.15) is 6.54 Å². The van der Waals surface area contributed by atoms with E-state index >= 15 is 0 Å². The smallest absolute Gasteiger partial charge is 0.323 e. The molecule has 0 aromatic rings. The standard InChI is InChI=1S/C9H16N2O3/c1-3-5-10-9(14)11(6-4-2)7-8(12)13/h4H,2-3,5-7H2,1H3,(H,10,14)(H,12,13). The molecular formula is C9H16N2O3. The van der Waals surface area contributed by atoms with E-state index < -0.39 is 5.97 Å². The summed E-state index contributed by atoms with van der Waals surface area (Å²) in [5.41, 5.74) is 0. The van der Waals surface area contributed by atoms with Gasteiger partial charge >= 0.3 is 12.0 Å². The maximum atomic E-state index is 11.3. The number of amides is 2. The first kappa shape index (κ1) is 12.5. The summed E-state index contributed by atoms with van der Waals surface area (Å²) in [7, 11) is 0. The van der Waals surface area contributed by atoms with Crippen molar-refractivity contribution in [2.24, 2.45) is 0 Å². The van der Waals surface area contributed by atoms with Crippen molar-refractivity contribution in [1.29, 1.82) is 0 Å². The Morgan fingerprint density at radius 3 is 2.64 bits per heavy atom. The number of nitrogens with zero attached hydrogens (tertiary/aromatic N) is 1. The van der Waals surface area contributed by atoms with Gasteiger partial charge in [0.15, 0.2) is 0 Å². The third-order valence-corrected chi connectivity index (χ3v) is 1.49. The van der Waals surface area contributed by atoms with Crippen molar-refractivity contribution in [3.05, 3.63) is 12.7 Å². The minimum Gasteiger partial charge on any atom is -0.480 e. The molecule has 0 bridgehead atoms. The molecule has 0 atom stereocenters. The molecule has 5 nitrogen and oxygen atoms in total.